The van der Waals surface area contributed by atoms with Crippen LogP contribution in [0.1, 0.15) is 23.6 Å². The van der Waals surface area contributed by atoms with Crippen LogP contribution in [0.15, 0.2) is 16.5 Å². The fourth-order valence-corrected chi connectivity index (χ4v) is 3.30. The van der Waals surface area contributed by atoms with Gasteiger partial charge >= 0.3 is 0 Å². The molecule has 1 fully saturated rings. The molecular weight excluding hydrogens is 400 g/mol. The zero-order valence-electron chi connectivity index (χ0n) is 18.1. The van der Waals surface area contributed by atoms with E-state index < -0.39 is 0 Å². The number of benzene rings is 1. The van der Waals surface area contributed by atoms with Gasteiger partial charge in [-0.05, 0) is 36.7 Å². The number of hydrogen-bond acceptors (Lipinski definition) is 9. The molecule has 1 aliphatic rings. The van der Waals surface area contributed by atoms with Gasteiger partial charge in [-0.15, -0.1) is 0 Å². The normalized spacial score (nSPS) is 14.4. The van der Waals surface area contributed by atoms with E-state index in [2.05, 4.69) is 21.3 Å². The maximum Gasteiger partial charge on any atom is 0.232 e. The Kier molecular flexibility index (Phi) is 8.15. The summed E-state index contributed by atoms with van der Waals surface area (Å²) in [4.78, 5) is 6.60. The van der Waals surface area contributed by atoms with Gasteiger partial charge in [0.2, 0.25) is 23.2 Å². The predicted molar refractivity (Wildman–Crippen MR) is 117 cm³/mol. The second-order valence-corrected chi connectivity index (χ2v) is 6.87. The minimum absolute atomic E-state index is 0.232. The largest absolute Gasteiger partial charge is 0.493 e. The smallest absolute Gasteiger partial charge is 0.232 e. The van der Waals surface area contributed by atoms with Crippen molar-refractivity contribution < 1.29 is 23.4 Å². The Bertz CT molecular complexity index is 903. The van der Waals surface area contributed by atoms with Crippen molar-refractivity contribution in [2.45, 2.75) is 6.42 Å². The third-order valence-electron chi connectivity index (χ3n) is 4.90. The van der Waals surface area contributed by atoms with Crippen LogP contribution in [0.4, 0.5) is 5.88 Å². The molecular formula is C22H28N4O5. The van der Waals surface area contributed by atoms with Gasteiger partial charge in [0.15, 0.2) is 11.5 Å². The van der Waals surface area contributed by atoms with E-state index >= 15 is 0 Å². The molecule has 9 nitrogen and oxygen atoms in total. The summed E-state index contributed by atoms with van der Waals surface area (Å²) in [7, 11) is 4.69. The van der Waals surface area contributed by atoms with Gasteiger partial charge in [-0.3, -0.25) is 4.90 Å². The number of aromatic nitrogens is 1. The molecule has 1 aromatic heterocycles. The lowest BCUT2D eigenvalue weighted by molar-refractivity contribution is 0.0378. The fourth-order valence-electron chi connectivity index (χ4n) is 3.30. The first kappa shape index (κ1) is 22.5. The lowest BCUT2D eigenvalue weighted by Crippen LogP contribution is -2.37. The summed E-state index contributed by atoms with van der Waals surface area (Å²) in [5.41, 5.74) is 1.04. The Labute approximate surface area is 182 Å². The number of rotatable bonds is 10. The summed E-state index contributed by atoms with van der Waals surface area (Å²) in [5.74, 6) is 2.34. The standard InChI is InChI=1S/C22H28N4O5/c1-27-18-13-16(14-19(28-2)21(18)29-3)5-6-20-25-17(15-23)22(31-20)24-7-4-8-26-9-11-30-12-10-26/h5-6,13-14,24H,4,7-12H2,1-3H3/b6-5+. The highest BCUT2D eigenvalue weighted by molar-refractivity contribution is 5.71. The first-order valence-corrected chi connectivity index (χ1v) is 10.1. The van der Waals surface area contributed by atoms with E-state index in [1.807, 2.05) is 12.1 Å². The van der Waals surface area contributed by atoms with E-state index in [-0.39, 0.29) is 5.69 Å². The van der Waals surface area contributed by atoms with Crippen LogP contribution in [-0.2, 0) is 4.74 Å². The van der Waals surface area contributed by atoms with Gasteiger partial charge in [0, 0.05) is 25.7 Å². The van der Waals surface area contributed by atoms with E-state index in [0.29, 0.717) is 35.6 Å². The van der Waals surface area contributed by atoms with Crippen molar-refractivity contribution in [3.8, 4) is 23.3 Å². The van der Waals surface area contributed by atoms with Gasteiger partial charge in [0.1, 0.15) is 6.07 Å². The maximum absolute atomic E-state index is 9.37. The highest BCUT2D eigenvalue weighted by Gasteiger charge is 2.14. The first-order valence-electron chi connectivity index (χ1n) is 10.1. The van der Waals surface area contributed by atoms with Gasteiger partial charge in [-0.2, -0.15) is 10.2 Å². The molecule has 3 rings (SSSR count). The molecule has 166 valence electrons. The number of oxazole rings is 1. The van der Waals surface area contributed by atoms with E-state index in [0.717, 1.165) is 44.8 Å². The zero-order valence-corrected chi connectivity index (χ0v) is 18.1. The fraction of sp³-hybridized carbons (Fsp3) is 0.455. The van der Waals surface area contributed by atoms with Gasteiger partial charge < -0.3 is 28.7 Å². The van der Waals surface area contributed by atoms with Gasteiger partial charge in [-0.25, -0.2) is 0 Å². The lowest BCUT2D eigenvalue weighted by Gasteiger charge is -2.26. The summed E-state index contributed by atoms with van der Waals surface area (Å²) in [5, 5.41) is 12.5. The van der Waals surface area contributed by atoms with Crippen LogP contribution in [0.2, 0.25) is 0 Å². The molecule has 9 heteroatoms. The van der Waals surface area contributed by atoms with Crippen LogP contribution in [-0.4, -0.2) is 70.6 Å². The number of nitriles is 1. The molecule has 0 saturated carbocycles. The first-order chi connectivity index (χ1) is 15.2. The topological polar surface area (TPSA) is 102 Å². The van der Waals surface area contributed by atoms with Crippen LogP contribution in [0.25, 0.3) is 12.2 Å². The number of morpholine rings is 1. The molecule has 1 N–H and O–H groups in total. The molecule has 0 bridgehead atoms. The quantitative estimate of drug-likeness (QED) is 0.572. The summed E-state index contributed by atoms with van der Waals surface area (Å²) in [6.07, 6.45) is 4.43. The number of ether oxygens (including phenoxy) is 4. The summed E-state index contributed by atoms with van der Waals surface area (Å²) >= 11 is 0. The Morgan fingerprint density at radius 2 is 1.84 bits per heavy atom. The molecule has 0 aliphatic carbocycles. The maximum atomic E-state index is 9.37. The number of nitrogens with one attached hydrogen (secondary N) is 1. The van der Waals surface area contributed by atoms with Gasteiger partial charge in [0.25, 0.3) is 0 Å². The zero-order chi connectivity index (χ0) is 22.1. The molecule has 2 aromatic rings. The van der Waals surface area contributed by atoms with E-state index in [9.17, 15) is 5.26 Å². The Hall–Kier alpha value is -3.22. The van der Waals surface area contributed by atoms with Crippen molar-refractivity contribution in [3.63, 3.8) is 0 Å². The second-order valence-electron chi connectivity index (χ2n) is 6.87. The van der Waals surface area contributed by atoms with Gasteiger partial charge in [0.05, 0.1) is 34.5 Å². The molecule has 31 heavy (non-hydrogen) atoms. The van der Waals surface area contributed by atoms with Crippen LogP contribution in [0.3, 0.4) is 0 Å². The molecule has 1 saturated heterocycles. The molecule has 1 aliphatic heterocycles. The molecule has 0 radical (unpaired) electrons. The minimum Gasteiger partial charge on any atom is -0.493 e. The monoisotopic (exact) mass is 428 g/mol. The second kappa shape index (κ2) is 11.2. The van der Waals surface area contributed by atoms with E-state index in [1.165, 1.54) is 0 Å². The third kappa shape index (κ3) is 5.90. The van der Waals surface area contributed by atoms with Crippen LogP contribution in [0, 0.1) is 11.3 Å². The van der Waals surface area contributed by atoms with Crippen molar-refractivity contribution in [2.75, 3.05) is 66.0 Å². The number of methoxy groups -OCH3 is 3. The average molecular weight is 428 g/mol. The number of hydrogen-bond donors (Lipinski definition) is 1. The van der Waals surface area contributed by atoms with Crippen LogP contribution < -0.4 is 19.5 Å². The molecule has 0 unspecified atom stereocenters. The van der Waals surface area contributed by atoms with Crippen molar-refractivity contribution in [1.29, 1.82) is 5.26 Å². The number of nitrogens with zero attached hydrogens (tertiary/aromatic N) is 3. The highest BCUT2D eigenvalue weighted by atomic mass is 16.5. The average Bonchev–Trinajstić information content (AvgIpc) is 3.22. The van der Waals surface area contributed by atoms with Gasteiger partial charge in [-0.1, -0.05) is 0 Å². The summed E-state index contributed by atoms with van der Waals surface area (Å²) in [6.45, 7) is 5.16. The minimum atomic E-state index is 0.232. The predicted octanol–water partition coefficient (Wildman–Crippen LogP) is 2.88. The van der Waals surface area contributed by atoms with Crippen molar-refractivity contribution >= 4 is 18.0 Å². The summed E-state index contributed by atoms with van der Waals surface area (Å²) in [6, 6.07) is 5.70. The Morgan fingerprint density at radius 1 is 1.13 bits per heavy atom. The van der Waals surface area contributed by atoms with E-state index in [1.54, 1.807) is 33.5 Å². The van der Waals surface area contributed by atoms with E-state index in [4.69, 9.17) is 23.4 Å². The summed E-state index contributed by atoms with van der Waals surface area (Å²) < 4.78 is 27.2. The van der Waals surface area contributed by atoms with Crippen LogP contribution in [0.5, 0.6) is 17.2 Å². The van der Waals surface area contributed by atoms with Crippen molar-refractivity contribution in [1.82, 2.24) is 9.88 Å². The highest BCUT2D eigenvalue weighted by Crippen LogP contribution is 2.38. The SMILES string of the molecule is COc1cc(/C=C/c2nc(C#N)c(NCCCN3CCOCC3)o2)cc(OC)c1OC. The molecule has 0 spiro atoms. The van der Waals surface area contributed by atoms with Crippen molar-refractivity contribution in [2.24, 2.45) is 0 Å². The third-order valence-corrected chi connectivity index (χ3v) is 4.90. The lowest BCUT2D eigenvalue weighted by atomic mass is 10.1. The molecule has 0 amide bonds. The molecule has 2 heterocycles. The number of anilines is 1. The molecule has 1 aromatic carbocycles. The Balaban J connectivity index is 1.64. The molecule has 0 atom stereocenters. The van der Waals surface area contributed by atoms with Crippen molar-refractivity contribution in [3.05, 3.63) is 29.3 Å². The Morgan fingerprint density at radius 3 is 2.45 bits per heavy atom. The van der Waals surface area contributed by atoms with Crippen LogP contribution >= 0.6 is 0 Å².